The van der Waals surface area contributed by atoms with Crippen molar-refractivity contribution in [1.82, 2.24) is 0 Å². The molecule has 0 amide bonds. The van der Waals surface area contributed by atoms with E-state index in [9.17, 15) is 0 Å². The smallest absolute Gasteiger partial charge is 0.198 e. The largest absolute Gasteiger partial charge is 1.00 e. The van der Waals surface area contributed by atoms with E-state index in [1.807, 2.05) is 0 Å². The van der Waals surface area contributed by atoms with Crippen LogP contribution in [0, 0.1) is 17.2 Å². The van der Waals surface area contributed by atoms with Gasteiger partial charge in [-0.15, -0.1) is 0 Å². The van der Waals surface area contributed by atoms with Gasteiger partial charge in [0.05, 0.1) is 13.3 Å². The average Bonchev–Trinajstić information content (AvgIpc) is 2.04. The summed E-state index contributed by atoms with van der Waals surface area (Å²) in [5.74, 6) is 1.30. The van der Waals surface area contributed by atoms with Gasteiger partial charge in [-0.05, 0) is 14.3 Å². The van der Waals surface area contributed by atoms with Gasteiger partial charge in [-0.1, -0.05) is 31.5 Å². The first-order valence-corrected chi connectivity index (χ1v) is 4.50. The van der Waals surface area contributed by atoms with E-state index in [-0.39, 0.29) is 29.6 Å². The number of hydrogen-bond donors (Lipinski definition) is 0. The summed E-state index contributed by atoms with van der Waals surface area (Å²) in [6, 6.07) is 2.53. The van der Waals surface area contributed by atoms with Gasteiger partial charge in [0.15, 0.2) is 0 Å². The Kier molecular flexibility index (Phi) is 3.98. The molecule has 0 N–H and O–H groups in total. The summed E-state index contributed by atoms with van der Waals surface area (Å²) in [5, 5.41) is 9.55. The predicted molar refractivity (Wildman–Crippen MR) is 54.3 cm³/mol. The topological polar surface area (TPSA) is 23.8 Å². The first-order chi connectivity index (χ1) is 5.74. The van der Waals surface area contributed by atoms with Crippen LogP contribution in [0.15, 0.2) is 0 Å². The maximum absolute atomic E-state index is 9.04. The third kappa shape index (κ3) is 2.17. The fourth-order valence-corrected chi connectivity index (χ4v) is 2.27. The van der Waals surface area contributed by atoms with Gasteiger partial charge in [0, 0.05) is 5.92 Å². The molecule has 0 aromatic rings. The summed E-state index contributed by atoms with van der Waals surface area (Å²) in [5.41, 5.74) is 0. The molecule has 0 aromatic carbocycles. The Labute approximate surface area is 105 Å². The van der Waals surface area contributed by atoms with Crippen molar-refractivity contribution in [1.29, 1.82) is 5.26 Å². The number of nitriles is 1. The van der Waals surface area contributed by atoms with E-state index < -0.39 is 0 Å². The molecule has 0 spiro atoms. The van der Waals surface area contributed by atoms with E-state index in [1.165, 1.54) is 32.1 Å². The Morgan fingerprint density at radius 3 is 2.85 bits per heavy atom. The second-order valence-electron chi connectivity index (χ2n) is 3.65. The van der Waals surface area contributed by atoms with Crippen molar-refractivity contribution in [2.75, 3.05) is 0 Å². The fourth-order valence-electron chi connectivity index (χ4n) is 2.27. The molecule has 4 heteroatoms. The van der Waals surface area contributed by atoms with Crippen LogP contribution in [0.1, 0.15) is 32.1 Å². The van der Waals surface area contributed by atoms with Gasteiger partial charge in [-0.3, -0.25) is 0 Å². The zero-order valence-electron chi connectivity index (χ0n) is 7.71. The summed E-state index contributed by atoms with van der Waals surface area (Å²) in [6.07, 6.45) is 6.64. The summed E-state index contributed by atoms with van der Waals surface area (Å²) in [6.45, 7) is 0. The molecule has 63 valence electrons. The van der Waals surface area contributed by atoms with Crippen LogP contribution in [0.2, 0.25) is 11.0 Å². The van der Waals surface area contributed by atoms with E-state index in [2.05, 4.69) is 13.3 Å². The predicted octanol–water partition coefficient (Wildman–Crippen LogP) is -1.92. The van der Waals surface area contributed by atoms with Crippen LogP contribution in [0.3, 0.4) is 0 Å². The molecule has 2 bridgehead atoms. The molecule has 2 fully saturated rings. The van der Waals surface area contributed by atoms with Crippen LogP contribution >= 0.6 is 0 Å². The van der Waals surface area contributed by atoms with Gasteiger partial charge in [0.2, 0.25) is 0 Å². The van der Waals surface area contributed by atoms with E-state index in [0.717, 1.165) is 5.82 Å². The van der Waals surface area contributed by atoms with Crippen molar-refractivity contribution >= 4 is 15.1 Å². The van der Waals surface area contributed by atoms with Gasteiger partial charge in [-0.25, -0.2) is 0 Å². The molecule has 0 aromatic heterocycles. The molecular formula is C9H15B2NNa. The van der Waals surface area contributed by atoms with Crippen molar-refractivity contribution in [2.45, 2.75) is 43.1 Å². The quantitative estimate of drug-likeness (QED) is 0.400. The number of rotatable bonds is 0. The van der Waals surface area contributed by atoms with Crippen LogP contribution < -0.4 is 29.6 Å². The molecular weight excluding hydrogens is 167 g/mol. The fraction of sp³-hybridized carbons (Fsp3) is 0.889. The molecule has 2 aliphatic rings. The maximum atomic E-state index is 9.04. The SMILES string of the molecule is [BH3-]C12[B]C(CCC1)CCC2C#N.[Na+]. The zero-order valence-corrected chi connectivity index (χ0v) is 9.71. The third-order valence-corrected chi connectivity index (χ3v) is 2.92. The molecule has 1 nitrogen and oxygen atoms in total. The summed E-state index contributed by atoms with van der Waals surface area (Å²) in [4.78, 5) is 0. The minimum Gasteiger partial charge on any atom is -0.198 e. The average molecular weight is 182 g/mol. The molecule has 2 heterocycles. The third-order valence-electron chi connectivity index (χ3n) is 2.92. The van der Waals surface area contributed by atoms with Gasteiger partial charge >= 0.3 is 29.6 Å². The standard InChI is InChI=1S/C9H15B2N.Na/c10-9-5-1-2-8(11-9)4-3-7(9)6-12;/h7-8H,1-5H2,10H3;/q-1;+1. The van der Waals surface area contributed by atoms with Crippen LogP contribution in [0.25, 0.3) is 0 Å². The van der Waals surface area contributed by atoms with Crippen LogP contribution in [0.5, 0.6) is 0 Å². The molecule has 1 radical (unpaired) electrons. The van der Waals surface area contributed by atoms with Gasteiger partial charge < -0.3 is 0 Å². The van der Waals surface area contributed by atoms with Crippen molar-refractivity contribution < 1.29 is 29.6 Å². The molecule has 0 saturated carbocycles. The number of nitrogens with zero attached hydrogens (tertiary/aromatic N) is 1. The Morgan fingerprint density at radius 1 is 1.38 bits per heavy atom. The van der Waals surface area contributed by atoms with Crippen molar-refractivity contribution in [2.24, 2.45) is 5.92 Å². The monoisotopic (exact) mass is 182 g/mol. The summed E-state index contributed by atoms with van der Waals surface area (Å²) >= 11 is 0. The van der Waals surface area contributed by atoms with E-state index in [0.29, 0.717) is 19.0 Å². The first-order valence-electron chi connectivity index (χ1n) is 4.50. The molecule has 2 rings (SSSR count). The molecule has 3 unspecified atom stereocenters. The van der Waals surface area contributed by atoms with E-state index in [1.54, 1.807) is 0 Å². The number of fused-ring (bicyclic) bond motifs is 2. The molecule has 3 atom stereocenters. The van der Waals surface area contributed by atoms with Crippen molar-refractivity contribution in [3.8, 4) is 6.07 Å². The normalized spacial score (nSPS) is 42.5. The zero-order chi connectivity index (χ0) is 8.60. The van der Waals surface area contributed by atoms with Crippen LogP contribution in [-0.4, -0.2) is 15.1 Å². The Morgan fingerprint density at radius 2 is 2.15 bits per heavy atom. The second kappa shape index (κ2) is 4.43. The molecule has 13 heavy (non-hydrogen) atoms. The summed E-state index contributed by atoms with van der Waals surface area (Å²) in [7, 11) is 2.89. The minimum atomic E-state index is 0. The number of hydrogen-bond acceptors (Lipinski definition) is 1. The van der Waals surface area contributed by atoms with Gasteiger partial charge in [-0.2, -0.15) is 10.5 Å². The Balaban J connectivity index is 0.000000845. The van der Waals surface area contributed by atoms with Crippen molar-refractivity contribution in [3.05, 3.63) is 0 Å². The Bertz CT molecular complexity index is 228. The van der Waals surface area contributed by atoms with Crippen molar-refractivity contribution in [3.63, 3.8) is 0 Å². The molecule has 0 aliphatic carbocycles. The second-order valence-corrected chi connectivity index (χ2v) is 3.65. The minimum absolute atomic E-state index is 0. The molecule has 2 saturated heterocycles. The van der Waals surface area contributed by atoms with Gasteiger partial charge in [0.1, 0.15) is 0 Å². The van der Waals surface area contributed by atoms with Crippen LogP contribution in [0.4, 0.5) is 0 Å². The summed E-state index contributed by atoms with van der Waals surface area (Å²) < 4.78 is 0. The molecule has 2 aliphatic heterocycles. The van der Waals surface area contributed by atoms with Gasteiger partial charge in [0.25, 0.3) is 0 Å². The van der Waals surface area contributed by atoms with E-state index >= 15 is 0 Å². The maximum Gasteiger partial charge on any atom is 1.00 e. The van der Waals surface area contributed by atoms with E-state index in [4.69, 9.17) is 5.26 Å². The first kappa shape index (κ1) is 11.7. The Hall–Kier alpha value is 0.620. The van der Waals surface area contributed by atoms with Crippen LogP contribution in [-0.2, 0) is 0 Å².